The van der Waals surface area contributed by atoms with Gasteiger partial charge >= 0.3 is 15.8 Å². The molecular formula is C12H7ClN2O8S. The third-order valence-electron chi connectivity index (χ3n) is 2.76. The number of aromatic hydroxyl groups is 1. The van der Waals surface area contributed by atoms with E-state index < -0.39 is 42.0 Å². The molecule has 0 aliphatic heterocycles. The van der Waals surface area contributed by atoms with Crippen molar-refractivity contribution < 1.29 is 27.6 Å². The summed E-state index contributed by atoms with van der Waals surface area (Å²) in [5.74, 6) is -1.06. The molecule has 10 nitrogen and oxygen atoms in total. The van der Waals surface area contributed by atoms with Crippen LogP contribution in [0.5, 0.6) is 11.5 Å². The molecule has 12 heteroatoms. The van der Waals surface area contributed by atoms with Crippen LogP contribution < -0.4 is 4.18 Å². The molecule has 24 heavy (non-hydrogen) atoms. The number of phenols is 1. The number of non-ortho nitro benzene ring substituents is 1. The Balaban J connectivity index is 2.47. The second-order valence-corrected chi connectivity index (χ2v) is 6.27. The Kier molecular flexibility index (Phi) is 4.57. The van der Waals surface area contributed by atoms with E-state index in [4.69, 9.17) is 11.6 Å². The van der Waals surface area contributed by atoms with Gasteiger partial charge in [0.05, 0.1) is 20.9 Å². The number of rotatable bonds is 5. The van der Waals surface area contributed by atoms with Crippen molar-refractivity contribution >= 4 is 33.1 Å². The molecule has 2 rings (SSSR count). The minimum absolute atomic E-state index is 0.266. The molecule has 0 aromatic heterocycles. The van der Waals surface area contributed by atoms with E-state index in [0.717, 1.165) is 30.3 Å². The van der Waals surface area contributed by atoms with Crippen molar-refractivity contribution in [3.05, 3.63) is 61.6 Å². The predicted molar refractivity (Wildman–Crippen MR) is 80.7 cm³/mol. The van der Waals surface area contributed by atoms with Crippen LogP contribution in [0.1, 0.15) is 0 Å². The van der Waals surface area contributed by atoms with E-state index in [9.17, 15) is 33.8 Å². The molecule has 0 unspecified atom stereocenters. The van der Waals surface area contributed by atoms with Gasteiger partial charge in [0, 0.05) is 6.07 Å². The van der Waals surface area contributed by atoms with Crippen LogP contribution in [-0.2, 0) is 10.1 Å². The lowest BCUT2D eigenvalue weighted by Crippen LogP contribution is -2.11. The van der Waals surface area contributed by atoms with Gasteiger partial charge in [-0.15, -0.1) is 0 Å². The summed E-state index contributed by atoms with van der Waals surface area (Å²) >= 11 is 5.61. The van der Waals surface area contributed by atoms with Gasteiger partial charge in [-0.1, -0.05) is 11.6 Å². The maximum absolute atomic E-state index is 12.1. The van der Waals surface area contributed by atoms with Crippen molar-refractivity contribution in [1.29, 1.82) is 0 Å². The summed E-state index contributed by atoms with van der Waals surface area (Å²) in [5, 5.41) is 30.6. The second kappa shape index (κ2) is 6.29. The van der Waals surface area contributed by atoms with Crippen LogP contribution in [0.4, 0.5) is 11.4 Å². The summed E-state index contributed by atoms with van der Waals surface area (Å²) in [6, 6.07) is 5.12. The van der Waals surface area contributed by atoms with E-state index >= 15 is 0 Å². The Labute approximate surface area is 139 Å². The molecule has 0 aliphatic carbocycles. The molecule has 0 radical (unpaired) electrons. The average Bonchev–Trinajstić information content (AvgIpc) is 2.49. The van der Waals surface area contributed by atoms with Crippen molar-refractivity contribution in [3.8, 4) is 11.5 Å². The molecule has 2 aromatic carbocycles. The number of nitro groups is 2. The van der Waals surface area contributed by atoms with Crippen LogP contribution in [0, 0.1) is 20.2 Å². The normalized spacial score (nSPS) is 11.0. The van der Waals surface area contributed by atoms with Crippen LogP contribution in [-0.4, -0.2) is 23.4 Å². The summed E-state index contributed by atoms with van der Waals surface area (Å²) in [5.41, 5.74) is -1.49. The lowest BCUT2D eigenvalue weighted by atomic mass is 10.2. The van der Waals surface area contributed by atoms with E-state index in [1.165, 1.54) is 0 Å². The number of hydrogen-bond donors (Lipinski definition) is 1. The molecule has 126 valence electrons. The fraction of sp³-hybridized carbons (Fsp3) is 0. The van der Waals surface area contributed by atoms with Gasteiger partial charge in [-0.2, -0.15) is 8.42 Å². The van der Waals surface area contributed by atoms with Crippen molar-refractivity contribution in [3.63, 3.8) is 0 Å². The number of nitro benzene ring substituents is 2. The summed E-state index contributed by atoms with van der Waals surface area (Å²) in [7, 11) is -4.51. The van der Waals surface area contributed by atoms with E-state index in [2.05, 4.69) is 4.18 Å². The Bertz CT molecular complexity index is 944. The molecule has 0 heterocycles. The smallest absolute Gasteiger partial charge is 0.339 e. The van der Waals surface area contributed by atoms with Gasteiger partial charge in [0.2, 0.25) is 5.75 Å². The van der Waals surface area contributed by atoms with Gasteiger partial charge in [0.1, 0.15) is 10.6 Å². The fourth-order valence-electron chi connectivity index (χ4n) is 1.64. The van der Waals surface area contributed by atoms with Crippen LogP contribution in [0.15, 0.2) is 41.3 Å². The van der Waals surface area contributed by atoms with Gasteiger partial charge in [-0.05, 0) is 24.3 Å². The molecule has 0 saturated carbocycles. The van der Waals surface area contributed by atoms with Crippen LogP contribution >= 0.6 is 11.6 Å². The second-order valence-electron chi connectivity index (χ2n) is 4.32. The molecule has 0 saturated heterocycles. The predicted octanol–water partition coefficient (Wildman–Crippen LogP) is 2.63. The first-order chi connectivity index (χ1) is 11.1. The first-order valence-corrected chi connectivity index (χ1v) is 7.76. The summed E-state index contributed by atoms with van der Waals surface area (Å²) in [6.45, 7) is 0. The maximum Gasteiger partial charge on any atom is 0.339 e. The third-order valence-corrected chi connectivity index (χ3v) is 4.29. The van der Waals surface area contributed by atoms with E-state index in [0.29, 0.717) is 6.07 Å². The molecule has 0 bridgehead atoms. The van der Waals surface area contributed by atoms with Crippen LogP contribution in [0.3, 0.4) is 0 Å². The zero-order valence-electron chi connectivity index (χ0n) is 11.4. The number of benzene rings is 2. The molecule has 0 aliphatic rings. The minimum Gasteiger partial charge on any atom is -0.506 e. The van der Waals surface area contributed by atoms with E-state index in [1.807, 2.05) is 0 Å². The van der Waals surface area contributed by atoms with Crippen LogP contribution in [0.25, 0.3) is 0 Å². The van der Waals surface area contributed by atoms with Crippen molar-refractivity contribution in [1.82, 2.24) is 0 Å². The van der Waals surface area contributed by atoms with Gasteiger partial charge in [0.15, 0.2) is 0 Å². The monoisotopic (exact) mass is 374 g/mol. The first-order valence-electron chi connectivity index (χ1n) is 5.97. The SMILES string of the molecule is O=[N+]([O-])c1ccc(OS(=O)(=O)c2ccc(O)c(Cl)c2)c([N+](=O)[O-])c1. The summed E-state index contributed by atoms with van der Waals surface area (Å²) in [4.78, 5) is 19.3. The summed E-state index contributed by atoms with van der Waals surface area (Å²) in [6.07, 6.45) is 0. The standard InChI is InChI=1S/C12H7ClN2O8S/c13-9-6-8(2-3-11(9)16)24(21,22)23-12-4-1-7(14(17)18)5-10(12)15(19)20/h1-6,16H. The number of hydrogen-bond acceptors (Lipinski definition) is 8. The van der Waals surface area contributed by atoms with Crippen LogP contribution in [0.2, 0.25) is 5.02 Å². The number of halogens is 1. The Morgan fingerprint density at radius 1 is 1.04 bits per heavy atom. The number of nitrogens with zero attached hydrogens (tertiary/aromatic N) is 2. The Morgan fingerprint density at radius 3 is 2.25 bits per heavy atom. The zero-order valence-corrected chi connectivity index (χ0v) is 13.0. The molecular weight excluding hydrogens is 368 g/mol. The highest BCUT2D eigenvalue weighted by molar-refractivity contribution is 7.87. The van der Waals surface area contributed by atoms with E-state index in [1.54, 1.807) is 0 Å². The molecule has 2 aromatic rings. The van der Waals surface area contributed by atoms with Gasteiger partial charge in [0.25, 0.3) is 5.69 Å². The highest BCUT2D eigenvalue weighted by Gasteiger charge is 2.26. The molecule has 0 amide bonds. The minimum atomic E-state index is -4.51. The molecule has 0 atom stereocenters. The topological polar surface area (TPSA) is 150 Å². The molecule has 0 spiro atoms. The third kappa shape index (κ3) is 3.52. The van der Waals surface area contributed by atoms with E-state index in [-0.39, 0.29) is 10.8 Å². The van der Waals surface area contributed by atoms with Crippen molar-refractivity contribution in [2.75, 3.05) is 0 Å². The quantitative estimate of drug-likeness (QED) is 0.476. The molecule has 0 fully saturated rings. The Morgan fingerprint density at radius 2 is 1.71 bits per heavy atom. The highest BCUT2D eigenvalue weighted by Crippen LogP contribution is 2.34. The highest BCUT2D eigenvalue weighted by atomic mass is 35.5. The van der Waals surface area contributed by atoms with Gasteiger partial charge in [-0.25, -0.2) is 0 Å². The number of phenolic OH excluding ortho intramolecular Hbond substituents is 1. The zero-order chi connectivity index (χ0) is 18.1. The van der Waals surface area contributed by atoms with Crippen molar-refractivity contribution in [2.45, 2.75) is 4.90 Å². The largest absolute Gasteiger partial charge is 0.506 e. The maximum atomic E-state index is 12.1. The summed E-state index contributed by atoms with van der Waals surface area (Å²) < 4.78 is 29.0. The molecule has 1 N–H and O–H groups in total. The first kappa shape index (κ1) is 17.4. The fourth-order valence-corrected chi connectivity index (χ4v) is 2.86. The lowest BCUT2D eigenvalue weighted by molar-refractivity contribution is -0.394. The Hall–Kier alpha value is -2.92. The van der Waals surface area contributed by atoms with Crippen molar-refractivity contribution in [2.24, 2.45) is 0 Å². The van der Waals surface area contributed by atoms with Gasteiger partial charge in [-0.3, -0.25) is 20.2 Å². The lowest BCUT2D eigenvalue weighted by Gasteiger charge is -2.08. The van der Waals surface area contributed by atoms with Gasteiger partial charge < -0.3 is 9.29 Å². The average molecular weight is 375 g/mol.